The van der Waals surface area contributed by atoms with Crippen molar-refractivity contribution in [2.45, 2.75) is 76.0 Å². The number of hydrogen-bond acceptors (Lipinski definition) is 1. The molecule has 1 N–H and O–H groups in total. The van der Waals surface area contributed by atoms with Crippen molar-refractivity contribution in [3.05, 3.63) is 29.3 Å². The van der Waals surface area contributed by atoms with Gasteiger partial charge in [-0.05, 0) is 0 Å². The van der Waals surface area contributed by atoms with E-state index in [1.807, 2.05) is 5.56 Å². The summed E-state index contributed by atoms with van der Waals surface area (Å²) in [6.07, 6.45) is 14.6. The van der Waals surface area contributed by atoms with Crippen molar-refractivity contribution in [1.82, 2.24) is 0 Å². The molecule has 1 aromatic carbocycles. The van der Waals surface area contributed by atoms with Crippen LogP contribution in [0.1, 0.15) is 87.2 Å². The average Bonchev–Trinajstić information content (AvgIpc) is 2.57. The minimum absolute atomic E-state index is 0.833. The van der Waals surface area contributed by atoms with Gasteiger partial charge < -0.3 is 4.89 Å². The second-order valence-corrected chi connectivity index (χ2v) is 9.18. The summed E-state index contributed by atoms with van der Waals surface area (Å²) in [4.78, 5) is 6.99. The fourth-order valence-corrected chi connectivity index (χ4v) is 6.23. The van der Waals surface area contributed by atoms with Crippen molar-refractivity contribution >= 4 is 36.7 Å². The van der Waals surface area contributed by atoms with Crippen molar-refractivity contribution in [3.8, 4) is 0 Å². The van der Waals surface area contributed by atoms with E-state index in [1.54, 1.807) is 8.83 Å². The maximum atomic E-state index is 8.46. The zero-order chi connectivity index (χ0) is 15.8. The van der Waals surface area contributed by atoms with Crippen LogP contribution in [0.4, 0.5) is 0 Å². The first-order valence-corrected chi connectivity index (χ1v) is 11.6. The SMILES string of the molecule is O=PO.[BiH2][c]1cccc(C2CCCCC2)c1C1CCCCC1. The average molecular weight is 516 g/mol. The Labute approximate surface area is 151 Å². The van der Waals surface area contributed by atoms with E-state index in [4.69, 9.17) is 9.46 Å². The fraction of sp³-hybridized carbons (Fsp3) is 0.667. The molecule has 2 fully saturated rings. The van der Waals surface area contributed by atoms with Crippen molar-refractivity contribution in [3.63, 3.8) is 0 Å². The Morgan fingerprint density at radius 1 is 0.909 bits per heavy atom. The van der Waals surface area contributed by atoms with Crippen molar-refractivity contribution < 1.29 is 9.46 Å². The quantitative estimate of drug-likeness (QED) is 0.472. The molecule has 0 aromatic heterocycles. The van der Waals surface area contributed by atoms with Gasteiger partial charge in [-0.3, -0.25) is 0 Å². The third-order valence-electron chi connectivity index (χ3n) is 5.23. The molecule has 0 unspecified atom stereocenters. The molecule has 1 aromatic rings. The molecule has 0 bridgehead atoms. The van der Waals surface area contributed by atoms with Crippen LogP contribution in [0.15, 0.2) is 18.2 Å². The molecule has 0 atom stereocenters. The molecule has 0 spiro atoms. The van der Waals surface area contributed by atoms with Gasteiger partial charge in [-0.25, -0.2) is 4.57 Å². The van der Waals surface area contributed by atoms with Crippen LogP contribution in [0.2, 0.25) is 0 Å². The third kappa shape index (κ3) is 5.08. The van der Waals surface area contributed by atoms with Gasteiger partial charge in [-0.2, -0.15) is 0 Å². The van der Waals surface area contributed by atoms with E-state index in [2.05, 4.69) is 18.2 Å². The first kappa shape index (κ1) is 18.5. The zero-order valence-electron chi connectivity index (χ0n) is 13.3. The van der Waals surface area contributed by atoms with Gasteiger partial charge >= 0.3 is 142 Å². The van der Waals surface area contributed by atoms with Gasteiger partial charge in [0.2, 0.25) is 0 Å². The molecule has 0 heterocycles. The Kier molecular flexibility index (Phi) is 8.51. The van der Waals surface area contributed by atoms with Crippen LogP contribution in [0, 0.1) is 0 Å². The summed E-state index contributed by atoms with van der Waals surface area (Å²) in [7, 11) is -0.833. The normalized spacial score (nSPS) is 20.5. The zero-order valence-corrected chi connectivity index (χ0v) is 18.7. The molecule has 0 saturated heterocycles. The minimum atomic E-state index is -0.833. The molecule has 122 valence electrons. The fourth-order valence-electron chi connectivity index (χ4n) is 4.23. The van der Waals surface area contributed by atoms with Crippen LogP contribution in [0.25, 0.3) is 0 Å². The Morgan fingerprint density at radius 2 is 1.41 bits per heavy atom. The first-order chi connectivity index (χ1) is 10.8. The Bertz CT molecular complexity index is 466. The van der Waals surface area contributed by atoms with Crippen molar-refractivity contribution in [1.29, 1.82) is 0 Å². The molecule has 2 nitrogen and oxygen atoms in total. The van der Waals surface area contributed by atoms with Gasteiger partial charge in [0.15, 0.2) is 0 Å². The first-order valence-electron chi connectivity index (χ1n) is 8.63. The molecule has 22 heavy (non-hydrogen) atoms. The van der Waals surface area contributed by atoms with Crippen LogP contribution in [-0.2, 0) is 4.57 Å². The van der Waals surface area contributed by atoms with Crippen LogP contribution >= 0.6 is 8.69 Å². The third-order valence-corrected chi connectivity index (χ3v) is 7.19. The molecule has 0 aliphatic heterocycles. The van der Waals surface area contributed by atoms with Gasteiger partial charge in [-0.1, -0.05) is 0 Å². The maximum absolute atomic E-state index is 8.46. The van der Waals surface area contributed by atoms with Gasteiger partial charge in [-0.15, -0.1) is 0 Å². The molecule has 3 rings (SSSR count). The second kappa shape index (κ2) is 10.1. The summed E-state index contributed by atoms with van der Waals surface area (Å²) in [5.41, 5.74) is 3.60. The number of hydrogen-bond donors (Lipinski definition) is 1. The molecule has 2 aliphatic rings. The molecular formula is C18H28BiO2P. The Balaban J connectivity index is 0.000000545. The second-order valence-electron chi connectivity index (χ2n) is 6.60. The van der Waals surface area contributed by atoms with Gasteiger partial charge in [0.25, 0.3) is 0 Å². The standard InChI is InChI=1S/C18H25.Bi.HO2P.2H/c1-3-9-15(10-4-1)17-13-7-8-14-18(17)16-11-5-2-6-12-16;;1-3-2;;/h7-8,13,15-16H,1-6,9-12H2;;(H,1,2);;. The van der Waals surface area contributed by atoms with E-state index in [0.29, 0.717) is 0 Å². The Morgan fingerprint density at radius 3 is 1.95 bits per heavy atom. The number of rotatable bonds is 2. The van der Waals surface area contributed by atoms with Gasteiger partial charge in [0, 0.05) is 0 Å². The summed E-state index contributed by atoms with van der Waals surface area (Å²) in [5, 5.41) is 0. The number of benzene rings is 1. The van der Waals surface area contributed by atoms with E-state index < -0.39 is 8.69 Å². The van der Waals surface area contributed by atoms with E-state index in [0.717, 1.165) is 36.6 Å². The van der Waals surface area contributed by atoms with Crippen LogP contribution < -0.4 is 3.27 Å². The monoisotopic (exact) mass is 516 g/mol. The molecule has 2 aliphatic carbocycles. The van der Waals surface area contributed by atoms with Crippen LogP contribution in [-0.4, -0.2) is 29.6 Å². The predicted molar refractivity (Wildman–Crippen MR) is 96.1 cm³/mol. The molecule has 0 radical (unpaired) electrons. The van der Waals surface area contributed by atoms with E-state index in [-0.39, 0.29) is 0 Å². The molecule has 4 heteroatoms. The van der Waals surface area contributed by atoms with Gasteiger partial charge in [0.05, 0.1) is 0 Å². The van der Waals surface area contributed by atoms with Crippen molar-refractivity contribution in [2.24, 2.45) is 0 Å². The summed E-state index contributed by atoms with van der Waals surface area (Å²) >= 11 is 1.01. The van der Waals surface area contributed by atoms with E-state index >= 15 is 0 Å². The summed E-state index contributed by atoms with van der Waals surface area (Å²) in [5.74, 6) is 1.80. The predicted octanol–water partition coefficient (Wildman–Crippen LogP) is 4.23. The molecule has 2 saturated carbocycles. The summed E-state index contributed by atoms with van der Waals surface area (Å²) < 4.78 is 10.2. The molecular weight excluding hydrogens is 488 g/mol. The van der Waals surface area contributed by atoms with Crippen molar-refractivity contribution in [2.75, 3.05) is 0 Å². The molecule has 0 amide bonds. The topological polar surface area (TPSA) is 37.3 Å². The van der Waals surface area contributed by atoms with Crippen LogP contribution in [0.5, 0.6) is 0 Å². The van der Waals surface area contributed by atoms with E-state index in [1.165, 1.54) is 64.2 Å². The van der Waals surface area contributed by atoms with Crippen LogP contribution in [0.3, 0.4) is 0 Å². The summed E-state index contributed by atoms with van der Waals surface area (Å²) in [6.45, 7) is 0. The van der Waals surface area contributed by atoms with E-state index in [9.17, 15) is 0 Å². The van der Waals surface area contributed by atoms with Gasteiger partial charge in [0.1, 0.15) is 0 Å². The summed E-state index contributed by atoms with van der Waals surface area (Å²) in [6, 6.07) is 7.23. The Hall–Kier alpha value is 0.163.